The van der Waals surface area contributed by atoms with Gasteiger partial charge < -0.3 is 15.0 Å². The van der Waals surface area contributed by atoms with Crippen LogP contribution in [0.5, 0.6) is 0 Å². The fourth-order valence-corrected chi connectivity index (χ4v) is 3.64. The highest BCUT2D eigenvalue weighted by atomic mass is 32.2. The van der Waals surface area contributed by atoms with Crippen molar-refractivity contribution in [1.82, 2.24) is 9.46 Å². The molecule has 1 fully saturated rings. The van der Waals surface area contributed by atoms with E-state index in [9.17, 15) is 8.42 Å². The monoisotopic (exact) mass is 261 g/mol. The molecule has 2 rings (SSSR count). The second kappa shape index (κ2) is 4.37. The van der Waals surface area contributed by atoms with Gasteiger partial charge in [0.05, 0.1) is 19.4 Å². The fourth-order valence-electron chi connectivity index (χ4n) is 1.87. The summed E-state index contributed by atoms with van der Waals surface area (Å²) in [6.07, 6.45) is -0.664. The van der Waals surface area contributed by atoms with Crippen molar-refractivity contribution in [3.63, 3.8) is 0 Å². The second-order valence-electron chi connectivity index (χ2n) is 3.91. The normalized spacial score (nSPS) is 22.9. The van der Waals surface area contributed by atoms with Gasteiger partial charge in [-0.25, -0.2) is 8.42 Å². The minimum atomic E-state index is -3.66. The Hall–Kier alpha value is -0.960. The Morgan fingerprint density at radius 1 is 1.47 bits per heavy atom. The van der Waals surface area contributed by atoms with Crippen LogP contribution in [-0.2, 0) is 14.8 Å². The SMILES string of the molecule is Cc1noc(C)c1S(=O)(=O)N1CCOCC1N. The van der Waals surface area contributed by atoms with Crippen LogP contribution in [0.2, 0.25) is 0 Å². The topological polar surface area (TPSA) is 98.7 Å². The maximum atomic E-state index is 12.4. The first-order valence-electron chi connectivity index (χ1n) is 5.22. The molecule has 0 saturated carbocycles. The summed E-state index contributed by atoms with van der Waals surface area (Å²) in [5.74, 6) is 0.279. The van der Waals surface area contributed by atoms with Gasteiger partial charge in [0.1, 0.15) is 10.6 Å². The van der Waals surface area contributed by atoms with Crippen LogP contribution < -0.4 is 5.73 Å². The summed E-state index contributed by atoms with van der Waals surface area (Å²) >= 11 is 0. The molecule has 0 aromatic carbocycles. The fraction of sp³-hybridized carbons (Fsp3) is 0.667. The summed E-state index contributed by atoms with van der Waals surface area (Å²) in [5.41, 5.74) is 6.09. The van der Waals surface area contributed by atoms with Crippen LogP contribution in [0, 0.1) is 13.8 Å². The first-order valence-corrected chi connectivity index (χ1v) is 6.66. The lowest BCUT2D eigenvalue weighted by molar-refractivity contribution is 0.0349. The number of aromatic nitrogens is 1. The van der Waals surface area contributed by atoms with Gasteiger partial charge in [0.15, 0.2) is 5.76 Å². The number of morpholine rings is 1. The molecule has 7 nitrogen and oxygen atoms in total. The van der Waals surface area contributed by atoms with Gasteiger partial charge in [0.25, 0.3) is 0 Å². The van der Waals surface area contributed by atoms with Crippen molar-refractivity contribution in [1.29, 1.82) is 0 Å². The van der Waals surface area contributed by atoms with Crippen LogP contribution in [0.4, 0.5) is 0 Å². The number of rotatable bonds is 2. The average molecular weight is 261 g/mol. The predicted octanol–water partition coefficient (Wildman–Crippen LogP) is -0.403. The highest BCUT2D eigenvalue weighted by Gasteiger charge is 2.35. The third-order valence-electron chi connectivity index (χ3n) is 2.65. The van der Waals surface area contributed by atoms with E-state index >= 15 is 0 Å². The van der Waals surface area contributed by atoms with Crippen molar-refractivity contribution in [2.45, 2.75) is 24.9 Å². The molecule has 1 aliphatic rings. The van der Waals surface area contributed by atoms with Gasteiger partial charge in [0, 0.05) is 6.54 Å². The van der Waals surface area contributed by atoms with Crippen molar-refractivity contribution in [2.75, 3.05) is 19.8 Å². The molecule has 1 unspecified atom stereocenters. The molecule has 1 atom stereocenters. The predicted molar refractivity (Wildman–Crippen MR) is 58.7 cm³/mol. The summed E-state index contributed by atoms with van der Waals surface area (Å²) in [4.78, 5) is 0.106. The van der Waals surface area contributed by atoms with Gasteiger partial charge in [-0.3, -0.25) is 0 Å². The van der Waals surface area contributed by atoms with E-state index in [4.69, 9.17) is 15.0 Å². The number of nitrogens with zero attached hydrogens (tertiary/aromatic N) is 2. The third-order valence-corrected chi connectivity index (χ3v) is 4.82. The Morgan fingerprint density at radius 2 is 2.18 bits per heavy atom. The molecule has 0 spiro atoms. The molecule has 1 aromatic heterocycles. The van der Waals surface area contributed by atoms with Gasteiger partial charge in [0.2, 0.25) is 10.0 Å². The zero-order chi connectivity index (χ0) is 12.6. The molecule has 0 amide bonds. The first-order chi connectivity index (χ1) is 7.94. The Kier molecular flexibility index (Phi) is 3.21. The summed E-state index contributed by atoms with van der Waals surface area (Å²) in [5, 5.41) is 3.65. The first kappa shape index (κ1) is 12.5. The smallest absolute Gasteiger partial charge is 0.250 e. The van der Waals surface area contributed by atoms with E-state index in [1.807, 2.05) is 0 Å². The van der Waals surface area contributed by atoms with E-state index < -0.39 is 16.2 Å². The molecule has 96 valence electrons. The van der Waals surface area contributed by atoms with Crippen LogP contribution in [0.25, 0.3) is 0 Å². The molecule has 1 aromatic rings. The van der Waals surface area contributed by atoms with Crippen molar-refractivity contribution in [2.24, 2.45) is 5.73 Å². The van der Waals surface area contributed by atoms with Gasteiger partial charge in [-0.05, 0) is 13.8 Å². The lowest BCUT2D eigenvalue weighted by atomic mass is 10.4. The number of ether oxygens (including phenoxy) is 1. The minimum Gasteiger partial charge on any atom is -0.377 e. The molecule has 0 radical (unpaired) electrons. The van der Waals surface area contributed by atoms with Crippen molar-refractivity contribution in [3.05, 3.63) is 11.5 Å². The van der Waals surface area contributed by atoms with Crippen molar-refractivity contribution < 1.29 is 17.7 Å². The number of hydrogen-bond acceptors (Lipinski definition) is 6. The lowest BCUT2D eigenvalue weighted by Gasteiger charge is -2.31. The lowest BCUT2D eigenvalue weighted by Crippen LogP contribution is -2.53. The van der Waals surface area contributed by atoms with Gasteiger partial charge in [-0.15, -0.1) is 0 Å². The van der Waals surface area contributed by atoms with Crippen LogP contribution in [0.15, 0.2) is 9.42 Å². The average Bonchev–Trinajstić information content (AvgIpc) is 2.59. The zero-order valence-electron chi connectivity index (χ0n) is 9.71. The highest BCUT2D eigenvalue weighted by Crippen LogP contribution is 2.24. The summed E-state index contributed by atoms with van der Waals surface area (Å²) in [6, 6.07) is 0. The van der Waals surface area contributed by atoms with E-state index in [-0.39, 0.29) is 23.8 Å². The zero-order valence-corrected chi connectivity index (χ0v) is 10.5. The largest absolute Gasteiger partial charge is 0.377 e. The molecular weight excluding hydrogens is 246 g/mol. The van der Waals surface area contributed by atoms with Gasteiger partial charge >= 0.3 is 0 Å². The number of hydrogen-bond donors (Lipinski definition) is 1. The van der Waals surface area contributed by atoms with Crippen molar-refractivity contribution in [3.8, 4) is 0 Å². The van der Waals surface area contributed by atoms with E-state index in [1.165, 1.54) is 4.31 Å². The Balaban J connectivity index is 2.42. The quantitative estimate of drug-likeness (QED) is 0.777. The Morgan fingerprint density at radius 3 is 2.71 bits per heavy atom. The molecule has 1 aliphatic heterocycles. The van der Waals surface area contributed by atoms with E-state index in [2.05, 4.69) is 5.16 Å². The van der Waals surface area contributed by atoms with Crippen LogP contribution >= 0.6 is 0 Å². The Bertz CT molecular complexity index is 491. The van der Waals surface area contributed by atoms with Crippen LogP contribution in [0.1, 0.15) is 11.5 Å². The summed E-state index contributed by atoms with van der Waals surface area (Å²) < 4.78 is 36.0. The molecule has 1 saturated heterocycles. The number of nitrogens with two attached hydrogens (primary N) is 1. The molecular formula is C9H15N3O4S. The highest BCUT2D eigenvalue weighted by molar-refractivity contribution is 7.89. The third kappa shape index (κ3) is 2.08. The van der Waals surface area contributed by atoms with Crippen LogP contribution in [-0.4, -0.2) is 43.8 Å². The maximum absolute atomic E-state index is 12.4. The molecule has 2 N–H and O–H groups in total. The summed E-state index contributed by atoms with van der Waals surface area (Å²) in [7, 11) is -3.66. The van der Waals surface area contributed by atoms with Gasteiger partial charge in [-0.2, -0.15) is 4.31 Å². The minimum absolute atomic E-state index is 0.106. The standard InChI is InChI=1S/C9H15N3O4S/c1-6-9(7(2)16-11-6)17(13,14)12-3-4-15-5-8(12)10/h8H,3-5,10H2,1-2H3. The number of sulfonamides is 1. The van der Waals surface area contributed by atoms with E-state index in [0.717, 1.165) is 0 Å². The summed E-state index contributed by atoms with van der Waals surface area (Å²) in [6.45, 7) is 3.95. The number of aryl methyl sites for hydroxylation is 2. The van der Waals surface area contributed by atoms with Crippen molar-refractivity contribution >= 4 is 10.0 Å². The van der Waals surface area contributed by atoms with Gasteiger partial charge in [-0.1, -0.05) is 5.16 Å². The molecule has 17 heavy (non-hydrogen) atoms. The molecule has 2 heterocycles. The maximum Gasteiger partial charge on any atom is 0.250 e. The Labute approximate surface area is 99.6 Å². The van der Waals surface area contributed by atoms with Crippen LogP contribution in [0.3, 0.4) is 0 Å². The second-order valence-corrected chi connectivity index (χ2v) is 5.74. The molecule has 8 heteroatoms. The molecule has 0 aliphatic carbocycles. The van der Waals surface area contributed by atoms with E-state index in [1.54, 1.807) is 13.8 Å². The van der Waals surface area contributed by atoms with E-state index in [0.29, 0.717) is 12.3 Å². The molecule has 0 bridgehead atoms.